The van der Waals surface area contributed by atoms with E-state index in [0.717, 1.165) is 33.3 Å². The van der Waals surface area contributed by atoms with E-state index in [2.05, 4.69) is 4.98 Å². The molecule has 2 heterocycles. The van der Waals surface area contributed by atoms with E-state index in [1.165, 1.54) is 23.5 Å². The van der Waals surface area contributed by atoms with Crippen LogP contribution in [-0.4, -0.2) is 17.6 Å². The summed E-state index contributed by atoms with van der Waals surface area (Å²) >= 11 is 1.47. The van der Waals surface area contributed by atoms with Gasteiger partial charge in [-0.2, -0.15) is 13.2 Å². The summed E-state index contributed by atoms with van der Waals surface area (Å²) in [6, 6.07) is 6.77. The fourth-order valence-electron chi connectivity index (χ4n) is 2.87. The molecule has 154 valence electrons. The zero-order valence-electron chi connectivity index (χ0n) is 16.0. The molecule has 1 aromatic carbocycles. The van der Waals surface area contributed by atoms with Crippen LogP contribution < -0.4 is 0 Å². The third-order valence-electron chi connectivity index (χ3n) is 4.35. The minimum absolute atomic E-state index is 0.217. The maximum Gasteiger partial charge on any atom is 0.416 e. The molecule has 3 rings (SSSR count). The van der Waals surface area contributed by atoms with Gasteiger partial charge in [0.05, 0.1) is 23.6 Å². The lowest BCUT2D eigenvalue weighted by molar-refractivity contribution is -0.142. The number of hydrogen-bond donors (Lipinski definition) is 0. The highest BCUT2D eigenvalue weighted by Gasteiger charge is 2.30. The second-order valence-electron chi connectivity index (χ2n) is 6.47. The van der Waals surface area contributed by atoms with E-state index in [9.17, 15) is 18.0 Å². The Labute approximate surface area is 170 Å². The Balaban J connectivity index is 1.64. The molecular weight excluding hydrogens is 403 g/mol. The van der Waals surface area contributed by atoms with Gasteiger partial charge in [0.1, 0.15) is 11.5 Å². The number of aromatic nitrogens is 1. The normalized spacial score (nSPS) is 11.6. The highest BCUT2D eigenvalue weighted by molar-refractivity contribution is 7.11. The van der Waals surface area contributed by atoms with Crippen LogP contribution in [0.4, 0.5) is 13.2 Å². The summed E-state index contributed by atoms with van der Waals surface area (Å²) in [4.78, 5) is 16.7. The summed E-state index contributed by atoms with van der Waals surface area (Å²) in [5.74, 6) is 0.992. The second-order valence-corrected chi connectivity index (χ2v) is 7.67. The molecule has 0 spiro atoms. The van der Waals surface area contributed by atoms with Crippen molar-refractivity contribution < 1.29 is 27.1 Å². The van der Waals surface area contributed by atoms with E-state index in [1.54, 1.807) is 13.1 Å². The van der Waals surface area contributed by atoms with E-state index in [0.29, 0.717) is 30.8 Å². The number of aryl methyl sites for hydroxylation is 3. The Kier molecular flexibility index (Phi) is 6.42. The van der Waals surface area contributed by atoms with Gasteiger partial charge in [-0.15, -0.1) is 11.3 Å². The number of thiazole rings is 1. The van der Waals surface area contributed by atoms with Gasteiger partial charge in [0.15, 0.2) is 0 Å². The van der Waals surface area contributed by atoms with Crippen LogP contribution in [0.2, 0.25) is 0 Å². The van der Waals surface area contributed by atoms with E-state index >= 15 is 0 Å². The smallest absolute Gasteiger partial charge is 0.416 e. The summed E-state index contributed by atoms with van der Waals surface area (Å²) in [5.41, 5.74) is 0.882. The molecule has 0 fully saturated rings. The maximum atomic E-state index is 12.7. The molecule has 0 amide bonds. The van der Waals surface area contributed by atoms with Crippen LogP contribution >= 0.6 is 11.3 Å². The number of rotatable bonds is 7. The molecule has 0 aliphatic carbocycles. The van der Waals surface area contributed by atoms with Crippen molar-refractivity contribution in [2.45, 2.75) is 39.3 Å². The first-order valence-electron chi connectivity index (χ1n) is 9.12. The highest BCUT2D eigenvalue weighted by Crippen LogP contribution is 2.32. The molecule has 0 aliphatic heterocycles. The number of alkyl halides is 3. The molecular formula is C21H20F3NO3S. The molecule has 8 heteroatoms. The number of carbonyl (C=O) groups excluding carboxylic acids is 1. The zero-order valence-corrected chi connectivity index (χ0v) is 16.8. The molecule has 0 atom stereocenters. The third kappa shape index (κ3) is 5.47. The molecule has 0 radical (unpaired) electrons. The standard InChI is InChI=1S/C21H20F3NO3S/c1-3-27-20(26)11-17-12-25-19(29-17)9-6-15-10-18(28-13(15)2)14-4-7-16(8-5-14)21(22,23)24/h4-5,7-8,10,12H,3,6,9,11H2,1-2H3. The minimum Gasteiger partial charge on any atom is -0.466 e. The van der Waals surface area contributed by atoms with Crippen LogP contribution in [0.1, 0.15) is 33.7 Å². The fraction of sp³-hybridized carbons (Fsp3) is 0.333. The van der Waals surface area contributed by atoms with E-state index < -0.39 is 11.7 Å². The first-order chi connectivity index (χ1) is 13.8. The van der Waals surface area contributed by atoms with Gasteiger partial charge in [-0.25, -0.2) is 4.98 Å². The Hall–Kier alpha value is -2.61. The van der Waals surface area contributed by atoms with Crippen LogP contribution in [0.15, 0.2) is 40.9 Å². The van der Waals surface area contributed by atoms with Crippen molar-refractivity contribution in [1.29, 1.82) is 0 Å². The molecule has 2 aromatic heterocycles. The van der Waals surface area contributed by atoms with Crippen LogP contribution in [0.5, 0.6) is 0 Å². The number of halogens is 3. The summed E-state index contributed by atoms with van der Waals surface area (Å²) in [7, 11) is 0. The van der Waals surface area contributed by atoms with Crippen molar-refractivity contribution in [3.63, 3.8) is 0 Å². The Morgan fingerprint density at radius 3 is 2.59 bits per heavy atom. The molecule has 29 heavy (non-hydrogen) atoms. The number of nitrogens with zero attached hydrogens (tertiary/aromatic N) is 1. The van der Waals surface area contributed by atoms with Gasteiger partial charge in [0.2, 0.25) is 0 Å². The molecule has 0 bridgehead atoms. The van der Waals surface area contributed by atoms with Gasteiger partial charge < -0.3 is 9.15 Å². The monoisotopic (exact) mass is 423 g/mol. The predicted octanol–water partition coefficient (Wildman–Crippen LogP) is 5.62. The average molecular weight is 423 g/mol. The Morgan fingerprint density at radius 2 is 1.93 bits per heavy atom. The van der Waals surface area contributed by atoms with Gasteiger partial charge >= 0.3 is 12.1 Å². The lowest BCUT2D eigenvalue weighted by Gasteiger charge is -2.06. The van der Waals surface area contributed by atoms with Gasteiger partial charge in [0.25, 0.3) is 0 Å². The Bertz CT molecular complexity index is 974. The number of ether oxygens (including phenoxy) is 1. The lowest BCUT2D eigenvalue weighted by atomic mass is 10.1. The van der Waals surface area contributed by atoms with E-state index in [1.807, 2.05) is 13.0 Å². The number of benzene rings is 1. The number of esters is 1. The van der Waals surface area contributed by atoms with Crippen molar-refractivity contribution >= 4 is 17.3 Å². The molecule has 0 saturated carbocycles. The van der Waals surface area contributed by atoms with E-state index in [-0.39, 0.29) is 12.4 Å². The first-order valence-corrected chi connectivity index (χ1v) is 9.94. The molecule has 0 saturated heterocycles. The molecule has 3 aromatic rings. The van der Waals surface area contributed by atoms with Crippen molar-refractivity contribution in [3.8, 4) is 11.3 Å². The quantitative estimate of drug-likeness (QED) is 0.463. The maximum absolute atomic E-state index is 12.7. The topological polar surface area (TPSA) is 52.3 Å². The SMILES string of the molecule is CCOC(=O)Cc1cnc(CCc2cc(-c3ccc(C(F)(F)F)cc3)oc2C)s1. The molecule has 0 N–H and O–H groups in total. The largest absolute Gasteiger partial charge is 0.466 e. The number of hydrogen-bond acceptors (Lipinski definition) is 5. The predicted molar refractivity (Wildman–Crippen MR) is 104 cm³/mol. The van der Waals surface area contributed by atoms with Crippen LogP contribution in [0.25, 0.3) is 11.3 Å². The fourth-order valence-corrected chi connectivity index (χ4v) is 3.78. The minimum atomic E-state index is -4.36. The highest BCUT2D eigenvalue weighted by atomic mass is 32.1. The number of furan rings is 1. The van der Waals surface area contributed by atoms with Gasteiger partial charge in [-0.1, -0.05) is 12.1 Å². The van der Waals surface area contributed by atoms with Crippen molar-refractivity contribution in [2.24, 2.45) is 0 Å². The van der Waals surface area contributed by atoms with E-state index in [4.69, 9.17) is 9.15 Å². The van der Waals surface area contributed by atoms with Crippen molar-refractivity contribution in [1.82, 2.24) is 4.98 Å². The molecule has 4 nitrogen and oxygen atoms in total. The van der Waals surface area contributed by atoms with Crippen LogP contribution in [0, 0.1) is 6.92 Å². The summed E-state index contributed by atoms with van der Waals surface area (Å²) in [6.07, 6.45) is -1.09. The van der Waals surface area contributed by atoms with Crippen molar-refractivity contribution in [2.75, 3.05) is 6.61 Å². The summed E-state index contributed by atoms with van der Waals surface area (Å²) < 4.78 is 48.8. The molecule has 0 unspecified atom stereocenters. The first kappa shape index (κ1) is 21.1. The summed E-state index contributed by atoms with van der Waals surface area (Å²) in [5, 5.41) is 0.904. The van der Waals surface area contributed by atoms with Gasteiger partial charge in [-0.3, -0.25) is 4.79 Å². The van der Waals surface area contributed by atoms with Gasteiger partial charge in [-0.05, 0) is 44.0 Å². The average Bonchev–Trinajstić information content (AvgIpc) is 3.26. The lowest BCUT2D eigenvalue weighted by Crippen LogP contribution is -2.06. The number of carbonyl (C=O) groups is 1. The molecule has 0 aliphatic rings. The van der Waals surface area contributed by atoms with Crippen molar-refractivity contribution in [3.05, 3.63) is 63.3 Å². The van der Waals surface area contributed by atoms with Crippen LogP contribution in [-0.2, 0) is 35.0 Å². The second kappa shape index (κ2) is 8.82. The summed E-state index contributed by atoms with van der Waals surface area (Å²) in [6.45, 7) is 3.95. The van der Waals surface area contributed by atoms with Crippen LogP contribution in [0.3, 0.4) is 0 Å². The third-order valence-corrected chi connectivity index (χ3v) is 5.41. The Morgan fingerprint density at radius 1 is 1.21 bits per heavy atom. The zero-order chi connectivity index (χ0) is 21.0. The van der Waals surface area contributed by atoms with Gasteiger partial charge in [0, 0.05) is 23.1 Å².